The van der Waals surface area contributed by atoms with Gasteiger partial charge in [-0.25, -0.2) is 0 Å². The van der Waals surface area contributed by atoms with Crippen LogP contribution in [-0.4, -0.2) is 23.0 Å². The summed E-state index contributed by atoms with van der Waals surface area (Å²) < 4.78 is 11.8. The molecule has 5 nitrogen and oxygen atoms in total. The lowest BCUT2D eigenvalue weighted by molar-refractivity contribution is -0.118. The Morgan fingerprint density at radius 3 is 2.38 bits per heavy atom. The fourth-order valence-corrected chi connectivity index (χ4v) is 5.47. The average Bonchev–Trinajstić information content (AvgIpc) is 3.25. The molecule has 0 radical (unpaired) electrons. The quantitative estimate of drug-likeness (QED) is 0.294. The minimum absolute atomic E-state index is 0.249. The van der Waals surface area contributed by atoms with E-state index in [1.165, 1.54) is 44.1 Å². The molecular formula is C26H37N2O3P. The Morgan fingerprint density at radius 1 is 1.03 bits per heavy atom. The number of aryl methyl sites for hydroxylation is 1. The van der Waals surface area contributed by atoms with Crippen LogP contribution in [0, 0.1) is 0 Å². The lowest BCUT2D eigenvalue weighted by Crippen LogP contribution is -2.55. The van der Waals surface area contributed by atoms with Crippen LogP contribution in [0.3, 0.4) is 0 Å². The van der Waals surface area contributed by atoms with E-state index in [4.69, 9.17) is 0 Å². The molecule has 3 N–H and O–H groups in total. The molecule has 1 heterocycles. The van der Waals surface area contributed by atoms with Crippen molar-refractivity contribution >= 4 is 13.6 Å². The lowest BCUT2D eigenvalue weighted by Gasteiger charge is -2.34. The highest BCUT2D eigenvalue weighted by Gasteiger charge is 2.51. The first-order chi connectivity index (χ1) is 15.6. The van der Waals surface area contributed by atoms with Gasteiger partial charge >= 0.3 is 0 Å². The van der Waals surface area contributed by atoms with Crippen molar-refractivity contribution in [3.63, 3.8) is 0 Å². The third-order valence-electron chi connectivity index (χ3n) is 6.54. The Balaban J connectivity index is 1.60. The van der Waals surface area contributed by atoms with Gasteiger partial charge in [0.1, 0.15) is 5.54 Å². The van der Waals surface area contributed by atoms with Crippen LogP contribution in [0.25, 0.3) is 0 Å². The molecule has 0 amide bonds. The van der Waals surface area contributed by atoms with Crippen LogP contribution in [0.4, 0.5) is 0 Å². The molecule has 2 unspecified atom stereocenters. The van der Waals surface area contributed by atoms with Gasteiger partial charge in [0, 0.05) is 12.6 Å². The van der Waals surface area contributed by atoms with Gasteiger partial charge in [-0.2, -0.15) is 0 Å². The Hall–Kier alpha value is -1.78. The van der Waals surface area contributed by atoms with Crippen LogP contribution < -0.4 is 10.6 Å². The summed E-state index contributed by atoms with van der Waals surface area (Å²) in [6, 6.07) is 17.7. The second kappa shape index (κ2) is 12.5. The molecule has 174 valence electrons. The van der Waals surface area contributed by atoms with Gasteiger partial charge in [-0.3, -0.25) is 14.7 Å². The Kier molecular flexibility index (Phi) is 9.68. The standard InChI is InChI=1S/C26H37N2O3P/c1-2-3-4-5-6-8-11-21-14-16-22(17-15-21)20-27-24-18-19-28-26(24,25(29)32(30)31)23-12-9-7-10-13-23/h7,9-10,12-17,24,27-28,32H,2-6,8,11,18-20H2,1H3,(H,30,31)/t24?,26-/m0/s1. The number of benzene rings is 2. The number of nitrogens with one attached hydrogen (secondary N) is 2. The second-order valence-corrected chi connectivity index (χ2v) is 9.86. The van der Waals surface area contributed by atoms with E-state index < -0.39 is 19.1 Å². The molecule has 0 aliphatic carbocycles. The van der Waals surface area contributed by atoms with Crippen molar-refractivity contribution in [1.29, 1.82) is 0 Å². The van der Waals surface area contributed by atoms with E-state index >= 15 is 0 Å². The number of hydrogen-bond acceptors (Lipinski definition) is 4. The van der Waals surface area contributed by atoms with Gasteiger partial charge < -0.3 is 10.2 Å². The van der Waals surface area contributed by atoms with E-state index in [-0.39, 0.29) is 6.04 Å². The average molecular weight is 457 g/mol. The second-order valence-electron chi connectivity index (χ2n) is 8.79. The van der Waals surface area contributed by atoms with E-state index in [2.05, 4.69) is 41.8 Å². The minimum Gasteiger partial charge on any atom is -0.341 e. The molecule has 6 heteroatoms. The third kappa shape index (κ3) is 6.17. The summed E-state index contributed by atoms with van der Waals surface area (Å²) in [6.07, 6.45) is 9.65. The lowest BCUT2D eigenvalue weighted by atomic mass is 9.85. The fraction of sp³-hybridized carbons (Fsp3) is 0.500. The van der Waals surface area contributed by atoms with Gasteiger partial charge in [-0.05, 0) is 42.5 Å². The van der Waals surface area contributed by atoms with E-state index in [1.807, 2.05) is 30.3 Å². The monoisotopic (exact) mass is 456 g/mol. The molecule has 0 spiro atoms. The molecule has 0 bridgehead atoms. The SMILES string of the molecule is CCCCCCCCc1ccc(CNC2CCN[C@@]2(C(=O)[PH](=O)O)c2ccccc2)cc1. The summed E-state index contributed by atoms with van der Waals surface area (Å²) >= 11 is 0. The molecule has 32 heavy (non-hydrogen) atoms. The molecule has 3 rings (SSSR count). The summed E-state index contributed by atoms with van der Waals surface area (Å²) in [7, 11) is -3.33. The Bertz CT molecular complexity index is 872. The van der Waals surface area contributed by atoms with E-state index in [0.29, 0.717) is 19.5 Å². The van der Waals surface area contributed by atoms with E-state index in [1.54, 1.807) is 0 Å². The van der Waals surface area contributed by atoms with Gasteiger partial charge in [0.15, 0.2) is 0 Å². The first kappa shape index (κ1) is 24.9. The fourth-order valence-electron chi connectivity index (χ4n) is 4.73. The summed E-state index contributed by atoms with van der Waals surface area (Å²) in [5, 5.41) is 6.76. The molecule has 2 aromatic rings. The topological polar surface area (TPSA) is 78.4 Å². The van der Waals surface area contributed by atoms with Crippen molar-refractivity contribution in [2.45, 2.75) is 76.4 Å². The zero-order chi connectivity index (χ0) is 22.8. The molecule has 0 saturated carbocycles. The number of carbonyl (C=O) groups is 1. The zero-order valence-electron chi connectivity index (χ0n) is 19.1. The largest absolute Gasteiger partial charge is 0.341 e. The van der Waals surface area contributed by atoms with Gasteiger partial charge in [-0.1, -0.05) is 93.6 Å². The normalized spacial score (nSPS) is 21.5. The Morgan fingerprint density at radius 2 is 1.69 bits per heavy atom. The first-order valence-electron chi connectivity index (χ1n) is 12.0. The van der Waals surface area contributed by atoms with Crippen molar-refractivity contribution in [1.82, 2.24) is 10.6 Å². The maximum absolute atomic E-state index is 12.9. The summed E-state index contributed by atoms with van der Waals surface area (Å²) in [5.41, 5.74) is 1.46. The van der Waals surface area contributed by atoms with E-state index in [9.17, 15) is 14.3 Å². The van der Waals surface area contributed by atoms with E-state index in [0.717, 1.165) is 17.5 Å². The van der Waals surface area contributed by atoms with Gasteiger partial charge in [0.25, 0.3) is 8.03 Å². The Labute approximate surface area is 192 Å². The molecule has 0 aromatic heterocycles. The van der Waals surface area contributed by atoms with Crippen molar-refractivity contribution in [3.8, 4) is 0 Å². The van der Waals surface area contributed by atoms with Crippen molar-refractivity contribution < 1.29 is 14.3 Å². The number of unbranched alkanes of at least 4 members (excludes halogenated alkanes) is 5. The third-order valence-corrected chi connectivity index (χ3v) is 7.32. The zero-order valence-corrected chi connectivity index (χ0v) is 20.1. The van der Waals surface area contributed by atoms with Gasteiger partial charge in [0.2, 0.25) is 5.52 Å². The molecular weight excluding hydrogens is 419 g/mol. The maximum atomic E-state index is 12.9. The van der Waals surface area contributed by atoms with Crippen molar-refractivity contribution in [2.24, 2.45) is 0 Å². The summed E-state index contributed by atoms with van der Waals surface area (Å²) in [4.78, 5) is 22.6. The van der Waals surface area contributed by atoms with Crippen LogP contribution >= 0.6 is 8.03 Å². The number of carbonyl (C=O) groups excluding carboxylic acids is 1. The molecule has 2 aromatic carbocycles. The summed E-state index contributed by atoms with van der Waals surface area (Å²) in [5.74, 6) is 0. The minimum atomic E-state index is -3.33. The smallest absolute Gasteiger partial charge is 0.255 e. The molecule has 1 aliphatic heterocycles. The molecule has 3 atom stereocenters. The van der Waals surface area contributed by atoms with Crippen LogP contribution in [0.1, 0.15) is 68.6 Å². The van der Waals surface area contributed by atoms with Gasteiger partial charge in [0.05, 0.1) is 0 Å². The maximum Gasteiger partial charge on any atom is 0.255 e. The summed E-state index contributed by atoms with van der Waals surface area (Å²) in [6.45, 7) is 3.47. The predicted molar refractivity (Wildman–Crippen MR) is 131 cm³/mol. The molecule has 1 fully saturated rings. The highest BCUT2D eigenvalue weighted by molar-refractivity contribution is 7.58. The highest BCUT2D eigenvalue weighted by Crippen LogP contribution is 2.39. The van der Waals surface area contributed by atoms with Crippen LogP contribution in [-0.2, 0) is 27.9 Å². The van der Waals surface area contributed by atoms with Crippen molar-refractivity contribution in [3.05, 3.63) is 71.3 Å². The van der Waals surface area contributed by atoms with Crippen LogP contribution in [0.5, 0.6) is 0 Å². The number of rotatable bonds is 13. The highest BCUT2D eigenvalue weighted by atomic mass is 31.1. The van der Waals surface area contributed by atoms with Crippen LogP contribution in [0.15, 0.2) is 54.6 Å². The molecule has 1 saturated heterocycles. The molecule has 1 aliphatic rings. The predicted octanol–water partition coefficient (Wildman–Crippen LogP) is 4.93. The van der Waals surface area contributed by atoms with Gasteiger partial charge in [-0.15, -0.1) is 0 Å². The van der Waals surface area contributed by atoms with Crippen LogP contribution in [0.2, 0.25) is 0 Å². The van der Waals surface area contributed by atoms with Crippen molar-refractivity contribution in [2.75, 3.05) is 6.54 Å². The first-order valence-corrected chi connectivity index (χ1v) is 13.3. The number of hydrogen-bond donors (Lipinski definition) is 3.